The van der Waals surface area contributed by atoms with Crippen molar-refractivity contribution in [3.05, 3.63) is 30.3 Å². The average molecular weight is 304 g/mol. The highest BCUT2D eigenvalue weighted by molar-refractivity contribution is 6.89. The molecule has 0 fully saturated rings. The molecule has 1 aromatic carbocycles. The van der Waals surface area contributed by atoms with Crippen LogP contribution in [0, 0.1) is 0 Å². The van der Waals surface area contributed by atoms with Crippen LogP contribution in [0.25, 0.3) is 0 Å². The molecule has 0 aromatic heterocycles. The largest absolute Gasteiger partial charge is 0.394 e. The van der Waals surface area contributed by atoms with Crippen LogP contribution in [0.5, 0.6) is 0 Å². The van der Waals surface area contributed by atoms with Gasteiger partial charge < -0.3 is 15.9 Å². The van der Waals surface area contributed by atoms with Gasteiger partial charge in [-0.1, -0.05) is 61.1 Å². The van der Waals surface area contributed by atoms with E-state index in [1.807, 2.05) is 6.07 Å². The average Bonchev–Trinajstić information content (AvgIpc) is 2.39. The van der Waals surface area contributed by atoms with Gasteiger partial charge in [-0.3, -0.25) is 0 Å². The molecule has 0 spiro atoms. The SMILES string of the molecule is C[Si](C)(CCCC(N)(CO)CO)c1ccccc1.Cl. The topological polar surface area (TPSA) is 66.5 Å². The monoisotopic (exact) mass is 303 g/mol. The molecular formula is C14H26ClNO2Si. The van der Waals surface area contributed by atoms with E-state index in [4.69, 9.17) is 15.9 Å². The Labute approximate surface area is 123 Å². The minimum absolute atomic E-state index is 0. The van der Waals surface area contributed by atoms with E-state index in [0.29, 0.717) is 6.42 Å². The first-order valence-corrected chi connectivity index (χ1v) is 9.70. The van der Waals surface area contributed by atoms with Crippen molar-refractivity contribution in [2.45, 2.75) is 37.5 Å². The molecule has 0 aliphatic heterocycles. The van der Waals surface area contributed by atoms with E-state index >= 15 is 0 Å². The minimum atomic E-state index is -1.42. The number of aliphatic hydroxyl groups is 2. The number of halogens is 1. The Balaban J connectivity index is 0.00000324. The van der Waals surface area contributed by atoms with Gasteiger partial charge in [0.05, 0.1) is 26.8 Å². The zero-order chi connectivity index (χ0) is 13.6. The quantitative estimate of drug-likeness (QED) is 0.669. The van der Waals surface area contributed by atoms with Gasteiger partial charge in [-0.2, -0.15) is 0 Å². The van der Waals surface area contributed by atoms with Gasteiger partial charge in [0.15, 0.2) is 0 Å². The number of rotatable bonds is 7. The van der Waals surface area contributed by atoms with Gasteiger partial charge in [-0.15, -0.1) is 12.4 Å². The van der Waals surface area contributed by atoms with Crippen molar-refractivity contribution in [3.8, 4) is 0 Å². The lowest BCUT2D eigenvalue weighted by atomic mass is 9.97. The summed E-state index contributed by atoms with van der Waals surface area (Å²) >= 11 is 0. The maximum Gasteiger partial charge on any atom is 0.0806 e. The second kappa shape index (κ2) is 8.02. The summed E-state index contributed by atoms with van der Waals surface area (Å²) in [6.07, 6.45) is 1.62. The van der Waals surface area contributed by atoms with Crippen molar-refractivity contribution in [1.29, 1.82) is 0 Å². The number of benzene rings is 1. The van der Waals surface area contributed by atoms with Gasteiger partial charge in [0.25, 0.3) is 0 Å². The Morgan fingerprint density at radius 1 is 1.11 bits per heavy atom. The maximum atomic E-state index is 9.16. The summed E-state index contributed by atoms with van der Waals surface area (Å²) in [6, 6.07) is 11.7. The second-order valence-corrected chi connectivity index (χ2v) is 10.6. The molecule has 0 radical (unpaired) electrons. The highest BCUT2D eigenvalue weighted by Gasteiger charge is 2.26. The van der Waals surface area contributed by atoms with Gasteiger partial charge in [0.2, 0.25) is 0 Å². The number of nitrogens with two attached hydrogens (primary N) is 1. The van der Waals surface area contributed by atoms with Crippen LogP contribution in [-0.2, 0) is 0 Å². The summed E-state index contributed by atoms with van der Waals surface area (Å²) in [6.45, 7) is 4.38. The highest BCUT2D eigenvalue weighted by atomic mass is 35.5. The Kier molecular flexibility index (Phi) is 7.85. The summed E-state index contributed by atoms with van der Waals surface area (Å²) in [5.74, 6) is 0. The molecule has 1 rings (SSSR count). The van der Waals surface area contributed by atoms with E-state index < -0.39 is 13.6 Å². The molecule has 0 atom stereocenters. The zero-order valence-corrected chi connectivity index (χ0v) is 13.6. The summed E-state index contributed by atoms with van der Waals surface area (Å²) in [4.78, 5) is 0. The fourth-order valence-corrected chi connectivity index (χ4v) is 4.57. The van der Waals surface area contributed by atoms with E-state index in [1.54, 1.807) is 0 Å². The van der Waals surface area contributed by atoms with Crippen molar-refractivity contribution in [2.24, 2.45) is 5.73 Å². The van der Waals surface area contributed by atoms with Crippen LogP contribution in [0.4, 0.5) is 0 Å². The lowest BCUT2D eigenvalue weighted by molar-refractivity contribution is 0.114. The molecule has 0 heterocycles. The summed E-state index contributed by atoms with van der Waals surface area (Å²) in [7, 11) is -1.42. The summed E-state index contributed by atoms with van der Waals surface area (Å²) < 4.78 is 0. The van der Waals surface area contributed by atoms with Crippen molar-refractivity contribution < 1.29 is 10.2 Å². The standard InChI is InChI=1S/C14H25NO2Si.ClH/c1-18(2,13-7-4-3-5-8-13)10-6-9-14(15,11-16)12-17;/h3-5,7-8,16-17H,6,9-12,15H2,1-2H3;1H. The van der Waals surface area contributed by atoms with E-state index in [0.717, 1.165) is 12.5 Å². The molecule has 0 saturated carbocycles. The smallest absolute Gasteiger partial charge is 0.0806 e. The fraction of sp³-hybridized carbons (Fsp3) is 0.571. The molecule has 0 amide bonds. The van der Waals surface area contributed by atoms with Crippen molar-refractivity contribution in [1.82, 2.24) is 0 Å². The van der Waals surface area contributed by atoms with Crippen LogP contribution in [0.3, 0.4) is 0 Å². The zero-order valence-electron chi connectivity index (χ0n) is 11.8. The van der Waals surface area contributed by atoms with Crippen LogP contribution < -0.4 is 10.9 Å². The second-order valence-electron chi connectivity index (χ2n) is 5.78. The van der Waals surface area contributed by atoms with Crippen LogP contribution in [0.2, 0.25) is 19.1 Å². The third-order valence-electron chi connectivity index (χ3n) is 3.66. The molecule has 5 heteroatoms. The van der Waals surface area contributed by atoms with E-state index in [9.17, 15) is 0 Å². The molecule has 110 valence electrons. The molecular weight excluding hydrogens is 278 g/mol. The first-order valence-electron chi connectivity index (χ1n) is 6.50. The third kappa shape index (κ3) is 5.63. The number of aliphatic hydroxyl groups excluding tert-OH is 2. The molecule has 0 unspecified atom stereocenters. The molecule has 3 nitrogen and oxygen atoms in total. The number of hydrogen-bond donors (Lipinski definition) is 3. The fourth-order valence-electron chi connectivity index (χ4n) is 2.12. The summed E-state index contributed by atoms with van der Waals surface area (Å²) in [5.41, 5.74) is 5.06. The Hall–Kier alpha value is -0.393. The van der Waals surface area contributed by atoms with Crippen molar-refractivity contribution in [3.63, 3.8) is 0 Å². The molecule has 0 aliphatic rings. The third-order valence-corrected chi connectivity index (χ3v) is 7.16. The molecule has 0 bridgehead atoms. The minimum Gasteiger partial charge on any atom is -0.394 e. The summed E-state index contributed by atoms with van der Waals surface area (Å²) in [5, 5.41) is 19.8. The lowest BCUT2D eigenvalue weighted by Gasteiger charge is -2.28. The van der Waals surface area contributed by atoms with Gasteiger partial charge in [-0.05, 0) is 6.42 Å². The first-order chi connectivity index (χ1) is 8.43. The lowest BCUT2D eigenvalue weighted by Crippen LogP contribution is -2.48. The molecule has 19 heavy (non-hydrogen) atoms. The predicted octanol–water partition coefficient (Wildman–Crippen LogP) is 1.49. The normalized spacial score (nSPS) is 12.1. The van der Waals surface area contributed by atoms with Crippen molar-refractivity contribution in [2.75, 3.05) is 13.2 Å². The maximum absolute atomic E-state index is 9.16. The van der Waals surface area contributed by atoms with E-state index in [2.05, 4.69) is 37.4 Å². The van der Waals surface area contributed by atoms with Gasteiger partial charge >= 0.3 is 0 Å². The Morgan fingerprint density at radius 2 is 1.63 bits per heavy atom. The van der Waals surface area contributed by atoms with Crippen LogP contribution in [-0.4, -0.2) is 37.0 Å². The first kappa shape index (κ1) is 18.6. The predicted molar refractivity (Wildman–Crippen MR) is 85.9 cm³/mol. The Morgan fingerprint density at radius 3 is 2.11 bits per heavy atom. The van der Waals surface area contributed by atoms with Crippen LogP contribution >= 0.6 is 12.4 Å². The van der Waals surface area contributed by atoms with E-state index in [-0.39, 0.29) is 25.6 Å². The molecule has 1 aromatic rings. The molecule has 0 saturated heterocycles. The van der Waals surface area contributed by atoms with Gasteiger partial charge in [0, 0.05) is 0 Å². The Bertz CT molecular complexity index is 356. The number of hydrogen-bond acceptors (Lipinski definition) is 3. The van der Waals surface area contributed by atoms with Crippen molar-refractivity contribution >= 4 is 25.7 Å². The van der Waals surface area contributed by atoms with E-state index in [1.165, 1.54) is 5.19 Å². The molecule has 0 aliphatic carbocycles. The highest BCUT2D eigenvalue weighted by Crippen LogP contribution is 2.18. The van der Waals surface area contributed by atoms with Gasteiger partial charge in [0.1, 0.15) is 0 Å². The van der Waals surface area contributed by atoms with Crippen LogP contribution in [0.1, 0.15) is 12.8 Å². The molecule has 4 N–H and O–H groups in total. The van der Waals surface area contributed by atoms with Crippen LogP contribution in [0.15, 0.2) is 30.3 Å². The van der Waals surface area contributed by atoms with Gasteiger partial charge in [-0.25, -0.2) is 0 Å².